The molecule has 1 aliphatic rings. The van der Waals surface area contributed by atoms with Gasteiger partial charge in [0.05, 0.1) is 26.1 Å². The predicted molar refractivity (Wildman–Crippen MR) is 99.1 cm³/mol. The lowest BCUT2D eigenvalue weighted by Crippen LogP contribution is -2.40. The van der Waals surface area contributed by atoms with E-state index in [1.54, 1.807) is 6.26 Å². The molecule has 0 atom stereocenters. The van der Waals surface area contributed by atoms with Crippen LogP contribution in [0.25, 0.3) is 0 Å². The first-order chi connectivity index (χ1) is 12.4. The molecule has 0 spiro atoms. The van der Waals surface area contributed by atoms with E-state index >= 15 is 0 Å². The Morgan fingerprint density at radius 3 is 2.88 bits per heavy atom. The van der Waals surface area contributed by atoms with Crippen molar-refractivity contribution in [3.05, 3.63) is 24.2 Å². The number of nitrogens with zero attached hydrogens (tertiary/aromatic N) is 2. The third kappa shape index (κ3) is 8.90. The molecule has 0 aliphatic carbocycles. The Labute approximate surface area is 150 Å². The highest BCUT2D eigenvalue weighted by Crippen LogP contribution is 2.00. The summed E-state index contributed by atoms with van der Waals surface area (Å²) in [5.74, 6) is 1.82. The lowest BCUT2D eigenvalue weighted by molar-refractivity contribution is 0.0377. The van der Waals surface area contributed by atoms with Crippen molar-refractivity contribution in [1.82, 2.24) is 15.5 Å². The highest BCUT2D eigenvalue weighted by atomic mass is 16.5. The smallest absolute Gasteiger partial charge is 0.191 e. The molecule has 1 fully saturated rings. The Bertz CT molecular complexity index is 459. The minimum atomic E-state index is 0.684. The molecule has 7 heteroatoms. The Balaban J connectivity index is 1.67. The molecule has 0 saturated carbocycles. The summed E-state index contributed by atoms with van der Waals surface area (Å²) >= 11 is 0. The van der Waals surface area contributed by atoms with Crippen LogP contribution in [0.15, 0.2) is 27.8 Å². The van der Waals surface area contributed by atoms with Crippen molar-refractivity contribution in [2.75, 3.05) is 65.7 Å². The number of guanidine groups is 1. The van der Waals surface area contributed by atoms with E-state index in [2.05, 4.69) is 20.5 Å². The fraction of sp³-hybridized carbons (Fsp3) is 0.722. The van der Waals surface area contributed by atoms with Gasteiger partial charge in [0.1, 0.15) is 5.76 Å². The van der Waals surface area contributed by atoms with Gasteiger partial charge in [-0.1, -0.05) is 0 Å². The molecule has 0 radical (unpaired) electrons. The average Bonchev–Trinajstić information content (AvgIpc) is 3.16. The topological polar surface area (TPSA) is 71.3 Å². The van der Waals surface area contributed by atoms with Crippen molar-refractivity contribution < 1.29 is 13.9 Å². The molecule has 1 aliphatic heterocycles. The molecule has 1 saturated heterocycles. The largest absolute Gasteiger partial charge is 0.469 e. The summed E-state index contributed by atoms with van der Waals surface area (Å²) in [6, 6.07) is 3.90. The van der Waals surface area contributed by atoms with Gasteiger partial charge >= 0.3 is 0 Å². The van der Waals surface area contributed by atoms with Crippen molar-refractivity contribution in [3.8, 4) is 0 Å². The molecule has 7 nitrogen and oxygen atoms in total. The normalized spacial score (nSPS) is 16.1. The van der Waals surface area contributed by atoms with Crippen LogP contribution in [0.1, 0.15) is 19.1 Å². The van der Waals surface area contributed by atoms with E-state index in [4.69, 9.17) is 13.9 Å². The number of aliphatic imine (C=N–C) groups is 1. The van der Waals surface area contributed by atoms with Crippen LogP contribution in [0, 0.1) is 0 Å². The summed E-state index contributed by atoms with van der Waals surface area (Å²) < 4.78 is 16.1. The third-order valence-corrected chi connectivity index (χ3v) is 3.99. The fourth-order valence-corrected chi connectivity index (χ4v) is 2.63. The zero-order chi connectivity index (χ0) is 17.6. The van der Waals surface area contributed by atoms with Crippen LogP contribution in [-0.4, -0.2) is 76.6 Å². The van der Waals surface area contributed by atoms with Gasteiger partial charge in [0.25, 0.3) is 0 Å². The zero-order valence-electron chi connectivity index (χ0n) is 15.3. The lowest BCUT2D eigenvalue weighted by atomic mass is 10.3. The summed E-state index contributed by atoms with van der Waals surface area (Å²) in [7, 11) is 0. The molecule has 142 valence electrons. The van der Waals surface area contributed by atoms with Crippen LogP contribution in [-0.2, 0) is 15.9 Å². The predicted octanol–water partition coefficient (Wildman–Crippen LogP) is 1.12. The maximum absolute atomic E-state index is 5.37. The van der Waals surface area contributed by atoms with Crippen LogP contribution < -0.4 is 10.6 Å². The van der Waals surface area contributed by atoms with Crippen molar-refractivity contribution in [3.63, 3.8) is 0 Å². The van der Waals surface area contributed by atoms with Crippen LogP contribution in [0.2, 0.25) is 0 Å². The third-order valence-electron chi connectivity index (χ3n) is 3.99. The Kier molecular flexibility index (Phi) is 10.1. The van der Waals surface area contributed by atoms with Gasteiger partial charge in [0, 0.05) is 52.3 Å². The van der Waals surface area contributed by atoms with Gasteiger partial charge in [-0.2, -0.15) is 0 Å². The van der Waals surface area contributed by atoms with Gasteiger partial charge in [-0.15, -0.1) is 0 Å². The van der Waals surface area contributed by atoms with Crippen LogP contribution in [0.5, 0.6) is 0 Å². The van der Waals surface area contributed by atoms with E-state index in [0.29, 0.717) is 6.61 Å². The van der Waals surface area contributed by atoms with Gasteiger partial charge in [-0.05, 0) is 25.5 Å². The molecular formula is C18H32N4O3. The highest BCUT2D eigenvalue weighted by molar-refractivity contribution is 5.79. The van der Waals surface area contributed by atoms with E-state index in [1.807, 2.05) is 19.1 Å². The maximum atomic E-state index is 5.37. The number of nitrogens with one attached hydrogen (secondary N) is 2. The Morgan fingerprint density at radius 1 is 1.28 bits per heavy atom. The molecule has 2 N–H and O–H groups in total. The Morgan fingerprint density at radius 2 is 2.12 bits per heavy atom. The van der Waals surface area contributed by atoms with Gasteiger partial charge < -0.3 is 24.5 Å². The monoisotopic (exact) mass is 352 g/mol. The molecule has 1 aromatic heterocycles. The van der Waals surface area contributed by atoms with E-state index in [1.165, 1.54) is 0 Å². The highest BCUT2D eigenvalue weighted by Gasteiger charge is 2.09. The molecule has 1 aromatic rings. The SMILES string of the molecule is CCOCCNC(=NCCCN1CCOCC1)NCCc1ccco1. The average molecular weight is 352 g/mol. The van der Waals surface area contributed by atoms with Crippen LogP contribution >= 0.6 is 0 Å². The van der Waals surface area contributed by atoms with Gasteiger partial charge in [-0.25, -0.2) is 0 Å². The molecule has 2 rings (SSSR count). The van der Waals surface area contributed by atoms with E-state index in [0.717, 1.165) is 83.7 Å². The maximum Gasteiger partial charge on any atom is 0.191 e. The van der Waals surface area contributed by atoms with Gasteiger partial charge in [-0.3, -0.25) is 9.89 Å². The first-order valence-corrected chi connectivity index (χ1v) is 9.31. The summed E-state index contributed by atoms with van der Waals surface area (Å²) in [6.07, 6.45) is 3.60. The van der Waals surface area contributed by atoms with Crippen molar-refractivity contribution in [1.29, 1.82) is 0 Å². The molecular weight excluding hydrogens is 320 g/mol. The van der Waals surface area contributed by atoms with Crippen LogP contribution in [0.3, 0.4) is 0 Å². The summed E-state index contributed by atoms with van der Waals surface area (Å²) in [5, 5.41) is 6.69. The van der Waals surface area contributed by atoms with Crippen molar-refractivity contribution in [2.24, 2.45) is 4.99 Å². The number of rotatable bonds is 11. The lowest BCUT2D eigenvalue weighted by Gasteiger charge is -2.26. The number of furan rings is 1. The summed E-state index contributed by atoms with van der Waals surface area (Å²) in [6.45, 7) is 10.6. The Hall–Kier alpha value is -1.57. The quantitative estimate of drug-likeness (QED) is 0.353. The molecule has 0 unspecified atom stereocenters. The van der Waals surface area contributed by atoms with Crippen LogP contribution in [0.4, 0.5) is 0 Å². The van der Waals surface area contributed by atoms with Crippen molar-refractivity contribution in [2.45, 2.75) is 19.8 Å². The number of ether oxygens (including phenoxy) is 2. The van der Waals surface area contributed by atoms with E-state index in [-0.39, 0.29) is 0 Å². The summed E-state index contributed by atoms with van der Waals surface area (Å²) in [5.41, 5.74) is 0. The number of morpholine rings is 1. The second-order valence-electron chi connectivity index (χ2n) is 5.92. The minimum absolute atomic E-state index is 0.684. The second kappa shape index (κ2) is 12.7. The summed E-state index contributed by atoms with van der Waals surface area (Å²) in [4.78, 5) is 7.11. The molecule has 25 heavy (non-hydrogen) atoms. The van der Waals surface area contributed by atoms with E-state index < -0.39 is 0 Å². The molecule has 0 bridgehead atoms. The van der Waals surface area contributed by atoms with Gasteiger partial charge in [0.2, 0.25) is 0 Å². The first-order valence-electron chi connectivity index (χ1n) is 9.31. The molecule has 2 heterocycles. The second-order valence-corrected chi connectivity index (χ2v) is 5.92. The molecule has 0 aromatic carbocycles. The fourth-order valence-electron chi connectivity index (χ4n) is 2.63. The zero-order valence-corrected chi connectivity index (χ0v) is 15.3. The minimum Gasteiger partial charge on any atom is -0.469 e. The molecule has 0 amide bonds. The van der Waals surface area contributed by atoms with E-state index in [9.17, 15) is 0 Å². The van der Waals surface area contributed by atoms with Gasteiger partial charge in [0.15, 0.2) is 5.96 Å². The van der Waals surface area contributed by atoms with Crippen molar-refractivity contribution >= 4 is 5.96 Å². The number of hydrogen-bond acceptors (Lipinski definition) is 5. The first kappa shape index (κ1) is 19.8. The number of hydrogen-bond donors (Lipinski definition) is 2. The standard InChI is InChI=1S/C18H32N4O3/c1-2-23-14-9-21-18(20-8-6-17-5-3-13-25-17)19-7-4-10-22-11-15-24-16-12-22/h3,5,13H,2,4,6-12,14-16H2,1H3,(H2,19,20,21).